The average molecular weight is 287 g/mol. The Bertz CT molecular complexity index is 411. The van der Waals surface area contributed by atoms with E-state index < -0.39 is 0 Å². The van der Waals surface area contributed by atoms with Crippen LogP contribution in [0.1, 0.15) is 5.56 Å². The van der Waals surface area contributed by atoms with Gasteiger partial charge in [0.1, 0.15) is 5.56 Å². The first-order valence-corrected chi connectivity index (χ1v) is 4.44. The SMILES string of the molecule is C(#[N+]c1[c-]cccc1)c1ccccc1.[Ag+]. The van der Waals surface area contributed by atoms with Crippen molar-refractivity contribution in [3.63, 3.8) is 0 Å². The minimum atomic E-state index is 0. The van der Waals surface area contributed by atoms with Gasteiger partial charge in [-0.2, -0.15) is 18.2 Å². The predicted molar refractivity (Wildman–Crippen MR) is 57.7 cm³/mol. The molecule has 0 aliphatic carbocycles. The van der Waals surface area contributed by atoms with E-state index in [9.17, 15) is 0 Å². The molecule has 2 heteroatoms. The largest absolute Gasteiger partial charge is 1.00 e. The van der Waals surface area contributed by atoms with Gasteiger partial charge in [-0.05, 0) is 12.1 Å². The van der Waals surface area contributed by atoms with E-state index in [1.54, 1.807) is 0 Å². The summed E-state index contributed by atoms with van der Waals surface area (Å²) in [7, 11) is 0. The zero-order valence-corrected chi connectivity index (χ0v) is 9.43. The second-order valence-corrected chi connectivity index (χ2v) is 2.84. The fourth-order valence-corrected chi connectivity index (χ4v) is 1.09. The van der Waals surface area contributed by atoms with Gasteiger partial charge in [-0.1, -0.05) is 35.2 Å². The second kappa shape index (κ2) is 6.21. The maximum absolute atomic E-state index is 4.17. The van der Waals surface area contributed by atoms with Crippen molar-refractivity contribution in [1.29, 1.82) is 0 Å². The normalized spacial score (nSPS) is 8.27. The molecule has 0 N–H and O–H groups in total. The van der Waals surface area contributed by atoms with Crippen LogP contribution in [0.2, 0.25) is 0 Å². The van der Waals surface area contributed by atoms with Gasteiger partial charge in [-0.15, -0.1) is 0 Å². The Labute approximate surface area is 105 Å². The molecule has 0 fully saturated rings. The standard InChI is InChI=1S/C13H9N.Ag/c1-3-7-12(8-4-1)11-14-13-9-5-2-6-10-13;/h1-9H;/q;+1. The number of hydrogen-bond acceptors (Lipinski definition) is 0. The van der Waals surface area contributed by atoms with Gasteiger partial charge in [-0.25, -0.2) is 0 Å². The van der Waals surface area contributed by atoms with E-state index in [1.165, 1.54) is 0 Å². The zero-order valence-electron chi connectivity index (χ0n) is 7.94. The summed E-state index contributed by atoms with van der Waals surface area (Å²) in [6, 6.07) is 23.4. The smallest absolute Gasteiger partial charge is 0.170 e. The molecule has 1 nitrogen and oxygen atoms in total. The Morgan fingerprint density at radius 1 is 0.933 bits per heavy atom. The molecule has 76 valence electrons. The molecule has 0 radical (unpaired) electrons. The third-order valence-corrected chi connectivity index (χ3v) is 1.77. The van der Waals surface area contributed by atoms with Gasteiger partial charge >= 0.3 is 28.4 Å². The third kappa shape index (κ3) is 3.73. The van der Waals surface area contributed by atoms with Crippen LogP contribution in [0.25, 0.3) is 4.85 Å². The number of nitrogens with zero attached hydrogens (tertiary/aromatic N) is 1. The second-order valence-electron chi connectivity index (χ2n) is 2.84. The molecule has 2 aromatic rings. The fourth-order valence-electron chi connectivity index (χ4n) is 1.09. The van der Waals surface area contributed by atoms with E-state index >= 15 is 0 Å². The fraction of sp³-hybridized carbons (Fsp3) is 0. The van der Waals surface area contributed by atoms with Crippen LogP contribution in [-0.4, -0.2) is 0 Å². The Balaban J connectivity index is 0.00000112. The molecule has 0 aliphatic rings. The summed E-state index contributed by atoms with van der Waals surface area (Å²) in [5, 5.41) is 0. The quantitative estimate of drug-likeness (QED) is 0.516. The van der Waals surface area contributed by atoms with Crippen LogP contribution in [0, 0.1) is 12.1 Å². The Kier molecular flexibility index (Phi) is 4.86. The molecule has 2 aromatic carbocycles. The van der Waals surface area contributed by atoms with E-state index in [0.29, 0.717) is 0 Å². The zero-order chi connectivity index (χ0) is 9.64. The maximum atomic E-state index is 4.17. The first-order chi connectivity index (χ1) is 6.95. The predicted octanol–water partition coefficient (Wildman–Crippen LogP) is 3.50. The van der Waals surface area contributed by atoms with Crippen LogP contribution in [0.5, 0.6) is 0 Å². The average Bonchev–Trinajstić information content (AvgIpc) is 2.29. The summed E-state index contributed by atoms with van der Waals surface area (Å²) in [4.78, 5) is 4.17. The monoisotopic (exact) mass is 286 g/mol. The van der Waals surface area contributed by atoms with Crippen molar-refractivity contribution in [3.05, 3.63) is 71.1 Å². The molecule has 0 spiro atoms. The molecule has 0 bridgehead atoms. The van der Waals surface area contributed by atoms with Crippen LogP contribution in [0.15, 0.2) is 54.6 Å². The van der Waals surface area contributed by atoms with Crippen molar-refractivity contribution in [2.45, 2.75) is 0 Å². The van der Waals surface area contributed by atoms with Crippen molar-refractivity contribution in [1.82, 2.24) is 0 Å². The molecular formula is C13H9AgN+. The molecular weight excluding hydrogens is 278 g/mol. The summed E-state index contributed by atoms with van der Waals surface area (Å²) in [6.07, 6.45) is 0. The van der Waals surface area contributed by atoms with Crippen LogP contribution < -0.4 is 0 Å². The topological polar surface area (TPSA) is 4.36 Å². The summed E-state index contributed by atoms with van der Waals surface area (Å²) in [5.41, 5.74) is 1.78. The number of benzene rings is 2. The van der Waals surface area contributed by atoms with Crippen molar-refractivity contribution in [2.75, 3.05) is 0 Å². The van der Waals surface area contributed by atoms with E-state index in [1.807, 2.05) is 54.6 Å². The van der Waals surface area contributed by atoms with Crippen molar-refractivity contribution in [2.24, 2.45) is 0 Å². The van der Waals surface area contributed by atoms with Crippen molar-refractivity contribution >= 4 is 5.69 Å². The molecule has 15 heavy (non-hydrogen) atoms. The van der Waals surface area contributed by atoms with Crippen LogP contribution in [0.3, 0.4) is 0 Å². The van der Waals surface area contributed by atoms with Gasteiger partial charge in [0.15, 0.2) is 0 Å². The summed E-state index contributed by atoms with van der Waals surface area (Å²) < 4.78 is 0. The summed E-state index contributed by atoms with van der Waals surface area (Å²) in [5.74, 6) is 0. The van der Waals surface area contributed by atoms with Crippen molar-refractivity contribution in [3.8, 4) is 6.07 Å². The minimum Gasteiger partial charge on any atom is -0.170 e. The molecule has 0 unspecified atom stereocenters. The molecule has 0 aromatic heterocycles. The maximum Gasteiger partial charge on any atom is 1.00 e. The number of hydrogen-bond donors (Lipinski definition) is 0. The molecule has 0 atom stereocenters. The number of para-hydroxylation sites is 1. The first kappa shape index (κ1) is 11.7. The van der Waals surface area contributed by atoms with Gasteiger partial charge in [0.2, 0.25) is 5.69 Å². The van der Waals surface area contributed by atoms with Crippen LogP contribution in [-0.2, 0) is 22.4 Å². The minimum absolute atomic E-state index is 0. The van der Waals surface area contributed by atoms with E-state index in [-0.39, 0.29) is 22.4 Å². The Morgan fingerprint density at radius 3 is 2.33 bits per heavy atom. The summed E-state index contributed by atoms with van der Waals surface area (Å²) >= 11 is 0. The first-order valence-electron chi connectivity index (χ1n) is 4.44. The van der Waals surface area contributed by atoms with Gasteiger partial charge in [-0.3, -0.25) is 0 Å². The molecule has 2 rings (SSSR count). The Morgan fingerprint density at radius 2 is 1.67 bits per heavy atom. The van der Waals surface area contributed by atoms with Gasteiger partial charge in [0.05, 0.1) is 0 Å². The summed E-state index contributed by atoms with van der Waals surface area (Å²) in [6.45, 7) is 0. The van der Waals surface area contributed by atoms with E-state index in [4.69, 9.17) is 0 Å². The van der Waals surface area contributed by atoms with Gasteiger partial charge in [0, 0.05) is 0 Å². The molecule has 0 heterocycles. The van der Waals surface area contributed by atoms with Crippen LogP contribution in [0.4, 0.5) is 5.69 Å². The van der Waals surface area contributed by atoms with E-state index in [0.717, 1.165) is 11.3 Å². The number of rotatable bonds is 0. The van der Waals surface area contributed by atoms with Crippen molar-refractivity contribution < 1.29 is 22.4 Å². The molecule has 0 saturated heterocycles. The third-order valence-electron chi connectivity index (χ3n) is 1.77. The molecule has 0 aliphatic heterocycles. The van der Waals surface area contributed by atoms with E-state index in [2.05, 4.69) is 17.0 Å². The van der Waals surface area contributed by atoms with Crippen LogP contribution >= 0.6 is 0 Å². The van der Waals surface area contributed by atoms with Gasteiger partial charge < -0.3 is 0 Å². The Hall–Kier alpha value is -1.33. The molecule has 0 amide bonds. The van der Waals surface area contributed by atoms with Gasteiger partial charge in [0.25, 0.3) is 0 Å². The molecule has 0 saturated carbocycles.